The van der Waals surface area contributed by atoms with Crippen LogP contribution in [0.1, 0.15) is 31.4 Å². The number of nitrogens with one attached hydrogen (secondary N) is 1. The Bertz CT molecular complexity index is 594. The molecule has 1 saturated carbocycles. The zero-order chi connectivity index (χ0) is 13.9. The number of rotatable bonds is 3. The first-order valence-electron chi connectivity index (χ1n) is 6.17. The third kappa shape index (κ3) is 3.41. The lowest BCUT2D eigenvalue weighted by atomic mass is 9.95. The van der Waals surface area contributed by atoms with Gasteiger partial charge in [0, 0.05) is 24.7 Å². The van der Waals surface area contributed by atoms with Gasteiger partial charge in [-0.1, -0.05) is 6.42 Å². The van der Waals surface area contributed by atoms with Crippen molar-refractivity contribution >= 4 is 15.7 Å². The van der Waals surface area contributed by atoms with Crippen molar-refractivity contribution in [2.24, 2.45) is 0 Å². The lowest BCUT2D eigenvalue weighted by Gasteiger charge is -2.29. The average molecular weight is 280 g/mol. The maximum Gasteiger partial charge on any atom is 0.182 e. The number of hydrogen-bond donors (Lipinski definition) is 1. The van der Waals surface area contributed by atoms with Crippen LogP contribution < -0.4 is 5.32 Å². The molecule has 19 heavy (non-hydrogen) atoms. The largest absolute Gasteiger partial charge is 0.365 e. The first-order valence-corrected chi connectivity index (χ1v) is 8.12. The summed E-state index contributed by atoms with van der Waals surface area (Å²) in [4.78, 5) is 8.01. The Kier molecular flexibility index (Phi) is 4.00. The number of anilines is 1. The molecule has 1 aromatic heterocycles. The van der Waals surface area contributed by atoms with E-state index in [0.29, 0.717) is 18.7 Å². The van der Waals surface area contributed by atoms with Crippen LogP contribution in [0.15, 0.2) is 12.4 Å². The van der Waals surface area contributed by atoms with Crippen LogP contribution in [0.5, 0.6) is 0 Å². The van der Waals surface area contributed by atoms with Gasteiger partial charge in [0.15, 0.2) is 11.5 Å². The zero-order valence-corrected chi connectivity index (χ0v) is 11.5. The molecule has 0 aromatic carbocycles. The minimum atomic E-state index is -3.01. The molecule has 1 aromatic rings. The Hall–Kier alpha value is -1.68. The van der Waals surface area contributed by atoms with Crippen LogP contribution >= 0.6 is 0 Å². The van der Waals surface area contributed by atoms with Gasteiger partial charge in [0.2, 0.25) is 0 Å². The van der Waals surface area contributed by atoms with Crippen molar-refractivity contribution in [2.45, 2.75) is 37.0 Å². The van der Waals surface area contributed by atoms with E-state index in [-0.39, 0.29) is 17.0 Å². The molecule has 1 fully saturated rings. The van der Waals surface area contributed by atoms with Gasteiger partial charge in [-0.25, -0.2) is 18.4 Å². The van der Waals surface area contributed by atoms with E-state index >= 15 is 0 Å². The summed E-state index contributed by atoms with van der Waals surface area (Å²) in [5, 5.41) is 11.8. The van der Waals surface area contributed by atoms with Crippen molar-refractivity contribution in [3.05, 3.63) is 18.1 Å². The van der Waals surface area contributed by atoms with Crippen LogP contribution in [0, 0.1) is 11.3 Å². The minimum Gasteiger partial charge on any atom is -0.365 e. The van der Waals surface area contributed by atoms with Crippen LogP contribution in [-0.4, -0.2) is 35.9 Å². The third-order valence-corrected chi connectivity index (χ3v) is 5.02. The lowest BCUT2D eigenvalue weighted by molar-refractivity contribution is 0.452. The van der Waals surface area contributed by atoms with E-state index in [4.69, 9.17) is 5.26 Å². The van der Waals surface area contributed by atoms with Crippen molar-refractivity contribution in [3.63, 3.8) is 0 Å². The van der Waals surface area contributed by atoms with Crippen LogP contribution in [0.25, 0.3) is 0 Å². The normalized spacial score (nSPS) is 23.6. The predicted molar refractivity (Wildman–Crippen MR) is 71.3 cm³/mol. The van der Waals surface area contributed by atoms with Gasteiger partial charge in [0.05, 0.1) is 5.25 Å². The SMILES string of the molecule is CS(=O)(=O)[C@H]1CCC[C@H](Nc2nccnc2C#N)C1. The van der Waals surface area contributed by atoms with E-state index in [9.17, 15) is 8.42 Å². The Labute approximate surface area is 112 Å². The summed E-state index contributed by atoms with van der Waals surface area (Å²) in [6.45, 7) is 0. The molecule has 2 atom stereocenters. The second kappa shape index (κ2) is 5.53. The van der Waals surface area contributed by atoms with E-state index in [2.05, 4.69) is 15.3 Å². The van der Waals surface area contributed by atoms with Crippen LogP contribution in [0.4, 0.5) is 5.82 Å². The molecule has 2 rings (SSSR count). The molecular weight excluding hydrogens is 264 g/mol. The van der Waals surface area contributed by atoms with Gasteiger partial charge < -0.3 is 5.32 Å². The molecule has 0 bridgehead atoms. The Morgan fingerprint density at radius 2 is 2.11 bits per heavy atom. The van der Waals surface area contributed by atoms with Crippen molar-refractivity contribution in [3.8, 4) is 6.07 Å². The first-order chi connectivity index (χ1) is 9.00. The molecule has 1 N–H and O–H groups in total. The van der Waals surface area contributed by atoms with Gasteiger partial charge in [-0.2, -0.15) is 5.26 Å². The standard InChI is InChI=1S/C12H16N4O2S/c1-19(17,18)10-4-2-3-9(7-10)16-12-11(8-13)14-5-6-15-12/h5-6,9-10H,2-4,7H2,1H3,(H,15,16)/t9-,10-/m0/s1. The molecule has 7 heteroatoms. The van der Waals surface area contributed by atoms with E-state index in [1.54, 1.807) is 0 Å². The fourth-order valence-corrected chi connectivity index (χ4v) is 3.56. The van der Waals surface area contributed by atoms with Crippen molar-refractivity contribution in [1.29, 1.82) is 5.26 Å². The second-order valence-corrected chi connectivity index (χ2v) is 7.15. The molecule has 6 nitrogen and oxygen atoms in total. The fourth-order valence-electron chi connectivity index (χ4n) is 2.38. The Morgan fingerprint density at radius 1 is 1.37 bits per heavy atom. The van der Waals surface area contributed by atoms with E-state index < -0.39 is 9.84 Å². The highest BCUT2D eigenvalue weighted by Crippen LogP contribution is 2.26. The summed E-state index contributed by atoms with van der Waals surface area (Å²) in [7, 11) is -3.01. The summed E-state index contributed by atoms with van der Waals surface area (Å²) in [6, 6.07) is 2.00. The molecule has 0 unspecified atom stereocenters. The van der Waals surface area contributed by atoms with Crippen LogP contribution in [0.2, 0.25) is 0 Å². The molecule has 0 amide bonds. The maximum absolute atomic E-state index is 11.6. The molecule has 0 saturated heterocycles. The quantitative estimate of drug-likeness (QED) is 0.891. The number of nitriles is 1. The second-order valence-electron chi connectivity index (χ2n) is 4.82. The highest BCUT2D eigenvalue weighted by atomic mass is 32.2. The van der Waals surface area contributed by atoms with Crippen LogP contribution in [-0.2, 0) is 9.84 Å². The van der Waals surface area contributed by atoms with Gasteiger partial charge in [-0.15, -0.1) is 0 Å². The monoisotopic (exact) mass is 280 g/mol. The molecule has 1 heterocycles. The van der Waals surface area contributed by atoms with Gasteiger partial charge in [-0.3, -0.25) is 0 Å². The van der Waals surface area contributed by atoms with Gasteiger partial charge >= 0.3 is 0 Å². The maximum atomic E-state index is 11.6. The number of hydrogen-bond acceptors (Lipinski definition) is 6. The smallest absolute Gasteiger partial charge is 0.182 e. The van der Waals surface area contributed by atoms with Gasteiger partial charge in [0.1, 0.15) is 15.9 Å². The molecule has 1 aliphatic carbocycles. The fraction of sp³-hybridized carbons (Fsp3) is 0.583. The molecule has 0 spiro atoms. The molecule has 102 valence electrons. The van der Waals surface area contributed by atoms with Crippen LogP contribution in [0.3, 0.4) is 0 Å². The topological polar surface area (TPSA) is 95.7 Å². The van der Waals surface area contributed by atoms with E-state index in [1.807, 2.05) is 6.07 Å². The molecular formula is C12H16N4O2S. The molecule has 0 aliphatic heterocycles. The average Bonchev–Trinajstić information content (AvgIpc) is 2.39. The number of aromatic nitrogens is 2. The summed E-state index contributed by atoms with van der Waals surface area (Å²) in [5.41, 5.74) is 0.240. The highest BCUT2D eigenvalue weighted by Gasteiger charge is 2.29. The van der Waals surface area contributed by atoms with Gasteiger partial charge in [0.25, 0.3) is 0 Å². The first kappa shape index (κ1) is 13.7. The number of nitrogens with zero attached hydrogens (tertiary/aromatic N) is 3. The van der Waals surface area contributed by atoms with Crippen molar-refractivity contribution in [2.75, 3.05) is 11.6 Å². The van der Waals surface area contributed by atoms with Crippen molar-refractivity contribution in [1.82, 2.24) is 9.97 Å². The predicted octanol–water partition coefficient (Wildman–Crippen LogP) is 1.12. The molecule has 0 radical (unpaired) electrons. The Balaban J connectivity index is 2.09. The zero-order valence-electron chi connectivity index (χ0n) is 10.7. The van der Waals surface area contributed by atoms with E-state index in [1.165, 1.54) is 18.6 Å². The summed E-state index contributed by atoms with van der Waals surface area (Å²) in [6.07, 6.45) is 7.26. The molecule has 1 aliphatic rings. The Morgan fingerprint density at radius 3 is 2.79 bits per heavy atom. The summed E-state index contributed by atoms with van der Waals surface area (Å²) in [5.74, 6) is 0.434. The van der Waals surface area contributed by atoms with Gasteiger partial charge in [-0.05, 0) is 19.3 Å². The lowest BCUT2D eigenvalue weighted by Crippen LogP contribution is -2.34. The third-order valence-electron chi connectivity index (χ3n) is 3.38. The van der Waals surface area contributed by atoms with E-state index in [0.717, 1.165) is 12.8 Å². The summed E-state index contributed by atoms with van der Waals surface area (Å²) >= 11 is 0. The highest BCUT2D eigenvalue weighted by molar-refractivity contribution is 7.91. The van der Waals surface area contributed by atoms with Crippen molar-refractivity contribution < 1.29 is 8.42 Å². The summed E-state index contributed by atoms with van der Waals surface area (Å²) < 4.78 is 23.2. The number of sulfone groups is 1. The minimum absolute atomic E-state index is 0.0253.